The van der Waals surface area contributed by atoms with Crippen LogP contribution in [0.15, 0.2) is 36.0 Å². The summed E-state index contributed by atoms with van der Waals surface area (Å²) < 4.78 is 5.28. The molecule has 1 aliphatic heterocycles. The van der Waals surface area contributed by atoms with Crippen LogP contribution in [0, 0.1) is 5.41 Å². The minimum atomic E-state index is -0.548. The molecule has 2 aliphatic carbocycles. The Kier molecular flexibility index (Phi) is 5.42. The van der Waals surface area contributed by atoms with Gasteiger partial charge in [-0.15, -0.1) is 0 Å². The van der Waals surface area contributed by atoms with Gasteiger partial charge in [0.2, 0.25) is 11.8 Å². The van der Waals surface area contributed by atoms with Gasteiger partial charge in [0.05, 0.1) is 12.5 Å². The third-order valence-corrected chi connectivity index (χ3v) is 6.64. The summed E-state index contributed by atoms with van der Waals surface area (Å²) in [6.45, 7) is 0.475. The number of benzene rings is 1. The summed E-state index contributed by atoms with van der Waals surface area (Å²) in [6.07, 6.45) is 10.5. The van der Waals surface area contributed by atoms with Crippen LogP contribution >= 0.6 is 0 Å². The van der Waals surface area contributed by atoms with Crippen LogP contribution in [0.5, 0.6) is 5.75 Å². The van der Waals surface area contributed by atoms with E-state index in [1.807, 2.05) is 29.2 Å². The van der Waals surface area contributed by atoms with Gasteiger partial charge in [0.25, 0.3) is 0 Å². The highest BCUT2D eigenvalue weighted by Gasteiger charge is 2.51. The normalized spacial score (nSPS) is 25.2. The molecule has 1 saturated heterocycles. The highest BCUT2D eigenvalue weighted by atomic mass is 16.5. The van der Waals surface area contributed by atoms with Gasteiger partial charge in [-0.2, -0.15) is 0 Å². The van der Waals surface area contributed by atoms with Crippen LogP contribution < -0.4 is 10.1 Å². The number of methoxy groups -OCH3 is 1. The van der Waals surface area contributed by atoms with E-state index in [9.17, 15) is 9.59 Å². The summed E-state index contributed by atoms with van der Waals surface area (Å²) in [5, 5.41) is 3.16. The molecule has 1 unspecified atom stereocenters. The SMILES string of the molecule is COc1cccc(CNC(=O)C23CCCC=C2N(C2CCCC2)C(=O)CC3)c1. The first-order chi connectivity index (χ1) is 13.6. The van der Waals surface area contributed by atoms with Crippen molar-refractivity contribution in [3.63, 3.8) is 0 Å². The first kappa shape index (κ1) is 19.0. The monoisotopic (exact) mass is 382 g/mol. The van der Waals surface area contributed by atoms with Crippen LogP contribution in [0.4, 0.5) is 0 Å². The number of ether oxygens (including phenoxy) is 1. The molecule has 1 saturated carbocycles. The molecule has 2 amide bonds. The van der Waals surface area contributed by atoms with E-state index in [1.54, 1.807) is 7.11 Å². The maximum atomic E-state index is 13.4. The number of nitrogens with zero attached hydrogens (tertiary/aromatic N) is 1. The lowest BCUT2D eigenvalue weighted by Crippen LogP contribution is -2.55. The maximum Gasteiger partial charge on any atom is 0.232 e. The Morgan fingerprint density at radius 2 is 2.07 bits per heavy atom. The lowest BCUT2D eigenvalue weighted by molar-refractivity contribution is -0.142. The number of allylic oxidation sites excluding steroid dienone is 1. The van der Waals surface area contributed by atoms with Crippen LogP contribution in [-0.4, -0.2) is 29.9 Å². The number of carbonyl (C=O) groups is 2. The number of carbonyl (C=O) groups excluding carboxylic acids is 2. The van der Waals surface area contributed by atoms with Crippen molar-refractivity contribution in [2.75, 3.05) is 7.11 Å². The Labute approximate surface area is 167 Å². The van der Waals surface area contributed by atoms with Crippen LogP contribution in [-0.2, 0) is 16.1 Å². The van der Waals surface area contributed by atoms with Crippen molar-refractivity contribution >= 4 is 11.8 Å². The Morgan fingerprint density at radius 1 is 1.25 bits per heavy atom. The molecule has 5 nitrogen and oxygen atoms in total. The molecule has 3 aliphatic rings. The van der Waals surface area contributed by atoms with Gasteiger partial charge >= 0.3 is 0 Å². The summed E-state index contributed by atoms with van der Waals surface area (Å²) in [5.74, 6) is 1.06. The first-order valence-corrected chi connectivity index (χ1v) is 10.6. The molecule has 150 valence electrons. The standard InChI is InChI=1S/C23H30N2O3/c1-28-19-10-6-7-17(15-19)16-24-22(27)23-13-5-4-11-20(23)25(21(26)12-14-23)18-8-2-3-9-18/h6-7,10-11,15,18H,2-5,8-9,12-14,16H2,1H3,(H,24,27). The average molecular weight is 383 g/mol. The maximum absolute atomic E-state index is 13.4. The van der Waals surface area contributed by atoms with Gasteiger partial charge in [0.1, 0.15) is 5.75 Å². The molecule has 28 heavy (non-hydrogen) atoms. The number of rotatable bonds is 5. The number of hydrogen-bond acceptors (Lipinski definition) is 3. The number of piperidine rings is 1. The first-order valence-electron chi connectivity index (χ1n) is 10.6. The van der Waals surface area contributed by atoms with Crippen molar-refractivity contribution in [1.82, 2.24) is 10.2 Å². The molecule has 2 fully saturated rings. The van der Waals surface area contributed by atoms with Crippen molar-refractivity contribution in [2.24, 2.45) is 5.41 Å². The summed E-state index contributed by atoms with van der Waals surface area (Å²) in [6, 6.07) is 8.06. The highest BCUT2D eigenvalue weighted by molar-refractivity contribution is 5.91. The van der Waals surface area contributed by atoms with E-state index in [2.05, 4.69) is 11.4 Å². The topological polar surface area (TPSA) is 58.6 Å². The van der Waals surface area contributed by atoms with Crippen LogP contribution in [0.2, 0.25) is 0 Å². The summed E-state index contributed by atoms with van der Waals surface area (Å²) in [5.41, 5.74) is 1.46. The van der Waals surface area contributed by atoms with E-state index in [0.29, 0.717) is 19.4 Å². The third kappa shape index (κ3) is 3.43. The Morgan fingerprint density at radius 3 is 2.86 bits per heavy atom. The molecular weight excluding hydrogens is 352 g/mol. The predicted molar refractivity (Wildman–Crippen MR) is 108 cm³/mol. The Bertz CT molecular complexity index is 782. The van der Waals surface area contributed by atoms with Crippen molar-refractivity contribution in [1.29, 1.82) is 0 Å². The molecule has 4 rings (SSSR count). The number of amides is 2. The van der Waals surface area contributed by atoms with E-state index < -0.39 is 5.41 Å². The Hall–Kier alpha value is -2.30. The van der Waals surface area contributed by atoms with Crippen molar-refractivity contribution in [2.45, 2.75) is 70.4 Å². The molecule has 0 spiro atoms. The number of nitrogens with one attached hydrogen (secondary N) is 1. The van der Waals surface area contributed by atoms with Crippen molar-refractivity contribution in [3.05, 3.63) is 41.6 Å². The second kappa shape index (κ2) is 7.98. The molecule has 1 heterocycles. The molecule has 0 radical (unpaired) electrons. The van der Waals surface area contributed by atoms with Gasteiger partial charge in [0.15, 0.2) is 0 Å². The van der Waals surface area contributed by atoms with E-state index in [0.717, 1.165) is 49.1 Å². The minimum Gasteiger partial charge on any atom is -0.497 e. The lowest BCUT2D eigenvalue weighted by Gasteiger charge is -2.48. The zero-order valence-corrected chi connectivity index (χ0v) is 16.7. The fourth-order valence-electron chi connectivity index (χ4n) is 5.16. The quantitative estimate of drug-likeness (QED) is 0.839. The van der Waals surface area contributed by atoms with Crippen molar-refractivity contribution in [3.8, 4) is 5.75 Å². The van der Waals surface area contributed by atoms with Gasteiger partial charge in [0, 0.05) is 24.7 Å². The lowest BCUT2D eigenvalue weighted by atomic mass is 9.68. The summed E-state index contributed by atoms with van der Waals surface area (Å²) >= 11 is 0. The molecule has 0 aromatic heterocycles. The van der Waals surface area contributed by atoms with Crippen LogP contribution in [0.25, 0.3) is 0 Å². The number of fused-ring (bicyclic) bond motifs is 1. The summed E-state index contributed by atoms with van der Waals surface area (Å²) in [7, 11) is 1.65. The molecule has 5 heteroatoms. The molecular formula is C23H30N2O3. The largest absolute Gasteiger partial charge is 0.497 e. The zero-order chi connectivity index (χ0) is 19.6. The van der Waals surface area contributed by atoms with Crippen LogP contribution in [0.1, 0.15) is 63.4 Å². The smallest absolute Gasteiger partial charge is 0.232 e. The number of hydrogen-bond donors (Lipinski definition) is 1. The van der Waals surface area contributed by atoms with E-state index in [-0.39, 0.29) is 17.9 Å². The molecule has 1 aromatic rings. The second-order valence-electron chi connectivity index (χ2n) is 8.30. The van der Waals surface area contributed by atoms with E-state index in [4.69, 9.17) is 4.74 Å². The van der Waals surface area contributed by atoms with Gasteiger partial charge in [-0.05, 0) is 56.2 Å². The third-order valence-electron chi connectivity index (χ3n) is 6.64. The highest BCUT2D eigenvalue weighted by Crippen LogP contribution is 2.49. The Balaban J connectivity index is 1.55. The summed E-state index contributed by atoms with van der Waals surface area (Å²) in [4.78, 5) is 28.2. The van der Waals surface area contributed by atoms with Gasteiger partial charge in [-0.3, -0.25) is 9.59 Å². The van der Waals surface area contributed by atoms with E-state index >= 15 is 0 Å². The molecule has 1 atom stereocenters. The molecule has 1 aromatic carbocycles. The molecule has 1 N–H and O–H groups in total. The van der Waals surface area contributed by atoms with Gasteiger partial charge < -0.3 is 15.0 Å². The van der Waals surface area contributed by atoms with Crippen molar-refractivity contribution < 1.29 is 14.3 Å². The minimum absolute atomic E-state index is 0.0665. The predicted octanol–water partition coefficient (Wildman–Crippen LogP) is 3.93. The van der Waals surface area contributed by atoms with E-state index in [1.165, 1.54) is 12.8 Å². The average Bonchev–Trinajstić information content (AvgIpc) is 3.26. The van der Waals surface area contributed by atoms with Gasteiger partial charge in [-0.1, -0.05) is 31.1 Å². The fraction of sp³-hybridized carbons (Fsp3) is 0.565. The fourth-order valence-corrected chi connectivity index (χ4v) is 5.16. The second-order valence-corrected chi connectivity index (χ2v) is 8.30. The van der Waals surface area contributed by atoms with Crippen LogP contribution in [0.3, 0.4) is 0 Å². The zero-order valence-electron chi connectivity index (χ0n) is 16.7. The number of likely N-dealkylation sites (tertiary alicyclic amines) is 1. The molecule has 0 bridgehead atoms. The van der Waals surface area contributed by atoms with Gasteiger partial charge in [-0.25, -0.2) is 0 Å².